The van der Waals surface area contributed by atoms with Gasteiger partial charge in [-0.25, -0.2) is 4.98 Å². The Morgan fingerprint density at radius 1 is 1.50 bits per heavy atom. The quantitative estimate of drug-likeness (QED) is 0.848. The third-order valence-electron chi connectivity index (χ3n) is 3.64. The van der Waals surface area contributed by atoms with Crippen LogP contribution < -0.4 is 0 Å². The molecule has 16 heavy (non-hydrogen) atoms. The Balaban J connectivity index is 1.90. The van der Waals surface area contributed by atoms with Crippen molar-refractivity contribution in [2.24, 2.45) is 0 Å². The molecule has 1 aromatic heterocycles. The second-order valence-electron chi connectivity index (χ2n) is 4.90. The molecule has 1 unspecified atom stereocenters. The van der Waals surface area contributed by atoms with Gasteiger partial charge >= 0.3 is 5.97 Å². The van der Waals surface area contributed by atoms with Crippen LogP contribution in [0.15, 0.2) is 6.33 Å². The molecule has 1 fully saturated rings. The van der Waals surface area contributed by atoms with E-state index in [1.807, 2.05) is 6.33 Å². The van der Waals surface area contributed by atoms with E-state index in [9.17, 15) is 4.79 Å². The predicted octanol–water partition coefficient (Wildman–Crippen LogP) is 2.11. The molecule has 2 aliphatic carbocycles. The number of fused-ring (bicyclic) bond motifs is 1. The number of imidazole rings is 1. The Bertz CT molecular complexity index is 421. The summed E-state index contributed by atoms with van der Waals surface area (Å²) in [6.07, 6.45) is 7.81. The van der Waals surface area contributed by atoms with Crippen LogP contribution in [0.25, 0.3) is 0 Å². The number of rotatable bonds is 3. The monoisotopic (exact) mass is 220 g/mol. The van der Waals surface area contributed by atoms with E-state index < -0.39 is 5.97 Å². The fourth-order valence-electron chi connectivity index (χ4n) is 2.73. The van der Waals surface area contributed by atoms with Gasteiger partial charge in [0.05, 0.1) is 18.4 Å². The van der Waals surface area contributed by atoms with Gasteiger partial charge in [-0.2, -0.15) is 0 Å². The first-order valence-corrected chi connectivity index (χ1v) is 6.03. The van der Waals surface area contributed by atoms with Crippen molar-refractivity contribution < 1.29 is 9.90 Å². The van der Waals surface area contributed by atoms with Crippen molar-refractivity contribution in [3.63, 3.8) is 0 Å². The van der Waals surface area contributed by atoms with Crippen LogP contribution in [0.1, 0.15) is 55.5 Å². The molecular weight excluding hydrogens is 204 g/mol. The first-order valence-electron chi connectivity index (χ1n) is 6.03. The van der Waals surface area contributed by atoms with Gasteiger partial charge in [0, 0.05) is 17.7 Å². The largest absolute Gasteiger partial charge is 0.481 e. The third-order valence-corrected chi connectivity index (χ3v) is 3.64. The van der Waals surface area contributed by atoms with Crippen LogP contribution in [0, 0.1) is 0 Å². The zero-order valence-electron chi connectivity index (χ0n) is 9.22. The summed E-state index contributed by atoms with van der Waals surface area (Å²) >= 11 is 0. The number of aromatic nitrogens is 2. The SMILES string of the molecule is O=C(O)CC1CCCc2c1ncn2C1CC1. The van der Waals surface area contributed by atoms with Crippen LogP contribution in [0.2, 0.25) is 0 Å². The van der Waals surface area contributed by atoms with E-state index in [0.717, 1.165) is 25.0 Å². The number of hydrogen-bond acceptors (Lipinski definition) is 2. The molecule has 1 N–H and O–H groups in total. The van der Waals surface area contributed by atoms with E-state index in [2.05, 4.69) is 9.55 Å². The lowest BCUT2D eigenvalue weighted by Crippen LogP contribution is -2.15. The summed E-state index contributed by atoms with van der Waals surface area (Å²) in [5.41, 5.74) is 2.36. The highest BCUT2D eigenvalue weighted by atomic mass is 16.4. The van der Waals surface area contributed by atoms with Crippen molar-refractivity contribution in [3.05, 3.63) is 17.7 Å². The maximum absolute atomic E-state index is 10.8. The molecule has 0 bridgehead atoms. The average molecular weight is 220 g/mol. The topological polar surface area (TPSA) is 55.1 Å². The number of aliphatic carboxylic acids is 1. The molecule has 1 saturated carbocycles. The first-order chi connectivity index (χ1) is 7.75. The van der Waals surface area contributed by atoms with Crippen LogP contribution >= 0.6 is 0 Å². The van der Waals surface area contributed by atoms with E-state index in [1.165, 1.54) is 18.5 Å². The normalized spacial score (nSPS) is 24.1. The van der Waals surface area contributed by atoms with Crippen molar-refractivity contribution in [2.75, 3.05) is 0 Å². The summed E-state index contributed by atoms with van der Waals surface area (Å²) in [6.45, 7) is 0. The van der Waals surface area contributed by atoms with Crippen molar-refractivity contribution >= 4 is 5.97 Å². The van der Waals surface area contributed by atoms with E-state index in [0.29, 0.717) is 6.04 Å². The lowest BCUT2D eigenvalue weighted by molar-refractivity contribution is -0.137. The fourth-order valence-corrected chi connectivity index (χ4v) is 2.73. The lowest BCUT2D eigenvalue weighted by Gasteiger charge is -2.21. The van der Waals surface area contributed by atoms with E-state index in [-0.39, 0.29) is 12.3 Å². The van der Waals surface area contributed by atoms with Gasteiger partial charge in [-0.05, 0) is 32.1 Å². The average Bonchev–Trinajstić information content (AvgIpc) is 2.98. The molecule has 4 heteroatoms. The molecule has 0 spiro atoms. The van der Waals surface area contributed by atoms with E-state index in [4.69, 9.17) is 5.11 Å². The second kappa shape index (κ2) is 3.61. The Hall–Kier alpha value is -1.32. The molecule has 0 saturated heterocycles. The van der Waals surface area contributed by atoms with E-state index in [1.54, 1.807) is 0 Å². The van der Waals surface area contributed by atoms with Gasteiger partial charge in [-0.15, -0.1) is 0 Å². The third kappa shape index (κ3) is 1.62. The number of carbonyl (C=O) groups is 1. The standard InChI is InChI=1S/C12H16N2O2/c15-11(16)6-8-2-1-3-10-12(8)13-7-14(10)9-4-5-9/h7-9H,1-6H2,(H,15,16). The van der Waals surface area contributed by atoms with Crippen LogP contribution in [0.5, 0.6) is 0 Å². The minimum absolute atomic E-state index is 0.140. The number of carboxylic acid groups (broad SMARTS) is 1. The fraction of sp³-hybridized carbons (Fsp3) is 0.667. The van der Waals surface area contributed by atoms with Crippen molar-refractivity contribution in [2.45, 2.75) is 50.5 Å². The minimum Gasteiger partial charge on any atom is -0.481 e. The minimum atomic E-state index is -0.709. The van der Waals surface area contributed by atoms with Crippen LogP contribution in [-0.2, 0) is 11.2 Å². The number of carboxylic acids is 1. The molecule has 86 valence electrons. The second-order valence-corrected chi connectivity index (χ2v) is 4.90. The van der Waals surface area contributed by atoms with Gasteiger partial charge < -0.3 is 9.67 Å². The van der Waals surface area contributed by atoms with Crippen LogP contribution in [0.4, 0.5) is 0 Å². The highest BCUT2D eigenvalue weighted by Gasteiger charge is 2.31. The van der Waals surface area contributed by atoms with Crippen LogP contribution in [-0.4, -0.2) is 20.6 Å². The lowest BCUT2D eigenvalue weighted by atomic mass is 9.87. The molecule has 2 aliphatic rings. The molecule has 1 heterocycles. The summed E-state index contributed by atoms with van der Waals surface area (Å²) in [6, 6.07) is 0.653. The van der Waals surface area contributed by atoms with Crippen molar-refractivity contribution in [1.29, 1.82) is 0 Å². The van der Waals surface area contributed by atoms with Crippen molar-refractivity contribution in [3.8, 4) is 0 Å². The summed E-state index contributed by atoms with van der Waals surface area (Å²) in [5, 5.41) is 8.89. The molecule has 1 aromatic rings. The van der Waals surface area contributed by atoms with Gasteiger partial charge in [0.1, 0.15) is 0 Å². The Labute approximate surface area is 94.3 Å². The van der Waals surface area contributed by atoms with Gasteiger partial charge in [0.15, 0.2) is 0 Å². The summed E-state index contributed by atoms with van der Waals surface area (Å²) < 4.78 is 2.28. The van der Waals surface area contributed by atoms with Gasteiger partial charge in [-0.1, -0.05) is 0 Å². The molecule has 0 amide bonds. The van der Waals surface area contributed by atoms with Crippen LogP contribution in [0.3, 0.4) is 0 Å². The zero-order chi connectivity index (χ0) is 11.1. The molecule has 0 aliphatic heterocycles. The molecule has 4 nitrogen and oxygen atoms in total. The van der Waals surface area contributed by atoms with Gasteiger partial charge in [0.2, 0.25) is 0 Å². The summed E-state index contributed by atoms with van der Waals surface area (Å²) in [7, 11) is 0. The molecule has 1 atom stereocenters. The highest BCUT2D eigenvalue weighted by Crippen LogP contribution is 2.40. The summed E-state index contributed by atoms with van der Waals surface area (Å²) in [4.78, 5) is 15.2. The predicted molar refractivity (Wildman–Crippen MR) is 58.4 cm³/mol. The van der Waals surface area contributed by atoms with Gasteiger partial charge in [0.25, 0.3) is 0 Å². The Kier molecular flexibility index (Phi) is 2.23. The highest BCUT2D eigenvalue weighted by molar-refractivity contribution is 5.68. The molecular formula is C12H16N2O2. The summed E-state index contributed by atoms with van der Waals surface area (Å²) in [5.74, 6) is -0.569. The van der Waals surface area contributed by atoms with Gasteiger partial charge in [-0.3, -0.25) is 4.79 Å². The van der Waals surface area contributed by atoms with E-state index >= 15 is 0 Å². The molecule has 3 rings (SSSR count). The maximum Gasteiger partial charge on any atom is 0.304 e. The Morgan fingerprint density at radius 2 is 2.31 bits per heavy atom. The first kappa shape index (κ1) is 9.87. The molecule has 0 aromatic carbocycles. The molecule has 0 radical (unpaired) electrons. The zero-order valence-corrected chi connectivity index (χ0v) is 9.22. The smallest absolute Gasteiger partial charge is 0.304 e. The maximum atomic E-state index is 10.8. The number of hydrogen-bond donors (Lipinski definition) is 1. The van der Waals surface area contributed by atoms with Crippen molar-refractivity contribution in [1.82, 2.24) is 9.55 Å². The number of nitrogens with zero attached hydrogens (tertiary/aromatic N) is 2. The Morgan fingerprint density at radius 3 is 3.00 bits per heavy atom.